The molecule has 0 atom stereocenters. The maximum Gasteiger partial charge on any atom is 0.160 e. The fraction of sp³-hybridized carbons (Fsp3) is 0. The van der Waals surface area contributed by atoms with Crippen molar-refractivity contribution < 1.29 is 0 Å². The summed E-state index contributed by atoms with van der Waals surface area (Å²) in [6.07, 6.45) is 0. The Hall–Kier alpha value is -6.94. The molecular formula is C52H32N2S. The molecule has 0 aliphatic heterocycles. The van der Waals surface area contributed by atoms with Gasteiger partial charge in [-0.3, -0.25) is 0 Å². The molecule has 11 rings (SSSR count). The Labute approximate surface area is 322 Å². The van der Waals surface area contributed by atoms with Crippen LogP contribution in [0.25, 0.3) is 109 Å². The fourth-order valence-corrected chi connectivity index (χ4v) is 9.31. The molecule has 2 aromatic heterocycles. The Kier molecular flexibility index (Phi) is 7.39. The quantitative estimate of drug-likeness (QED) is 0.131. The highest BCUT2D eigenvalue weighted by Crippen LogP contribution is 2.43. The van der Waals surface area contributed by atoms with Crippen LogP contribution in [0.5, 0.6) is 0 Å². The molecular weight excluding hydrogens is 685 g/mol. The molecule has 0 saturated carbocycles. The van der Waals surface area contributed by atoms with Crippen molar-refractivity contribution in [1.29, 1.82) is 0 Å². The number of hydrogen-bond donors (Lipinski definition) is 0. The molecule has 55 heavy (non-hydrogen) atoms. The fourth-order valence-electron chi connectivity index (χ4n) is 8.22. The number of benzene rings is 9. The minimum Gasteiger partial charge on any atom is -0.228 e. The monoisotopic (exact) mass is 716 g/mol. The van der Waals surface area contributed by atoms with E-state index >= 15 is 0 Å². The van der Waals surface area contributed by atoms with Crippen molar-refractivity contribution >= 4 is 63.8 Å². The molecule has 2 nitrogen and oxygen atoms in total. The molecule has 2 heterocycles. The van der Waals surface area contributed by atoms with E-state index in [2.05, 4.69) is 176 Å². The highest BCUT2D eigenvalue weighted by atomic mass is 32.1. The van der Waals surface area contributed by atoms with Crippen LogP contribution in [-0.2, 0) is 0 Å². The van der Waals surface area contributed by atoms with E-state index in [9.17, 15) is 0 Å². The standard InChI is InChI=1S/C52H32N2S/c1-2-13-36(14-3-1)52-53-47(35-24-22-33(23-25-35)37-27-29-50-46(30-37)42-19-10-11-21-49(42)55-50)32-48(54-52)41-18-8-9-20-43(41)51-40-17-7-5-15-38(40)31-45-39-16-6-4-12-34(39)26-28-44(45)51/h1-32H. The van der Waals surface area contributed by atoms with Crippen LogP contribution < -0.4 is 0 Å². The van der Waals surface area contributed by atoms with Crippen molar-refractivity contribution in [2.45, 2.75) is 0 Å². The molecule has 0 radical (unpaired) electrons. The summed E-state index contributed by atoms with van der Waals surface area (Å²) in [7, 11) is 0. The van der Waals surface area contributed by atoms with Gasteiger partial charge in [-0.25, -0.2) is 9.97 Å². The maximum atomic E-state index is 5.30. The summed E-state index contributed by atoms with van der Waals surface area (Å²) in [5.41, 5.74) is 9.63. The van der Waals surface area contributed by atoms with E-state index in [0.29, 0.717) is 5.82 Å². The van der Waals surface area contributed by atoms with Crippen molar-refractivity contribution in [2.24, 2.45) is 0 Å². The number of thiophene rings is 1. The third kappa shape index (κ3) is 5.40. The molecule has 0 saturated heterocycles. The zero-order valence-electron chi connectivity index (χ0n) is 29.8. The minimum absolute atomic E-state index is 0.704. The third-order valence-electron chi connectivity index (χ3n) is 10.9. The molecule has 11 aromatic rings. The van der Waals surface area contributed by atoms with Gasteiger partial charge in [-0.15, -0.1) is 11.3 Å². The lowest BCUT2D eigenvalue weighted by Gasteiger charge is -2.17. The Balaban J connectivity index is 1.08. The van der Waals surface area contributed by atoms with E-state index in [-0.39, 0.29) is 0 Å². The molecule has 0 aliphatic rings. The van der Waals surface area contributed by atoms with E-state index < -0.39 is 0 Å². The second-order valence-corrected chi connectivity index (χ2v) is 15.2. The van der Waals surface area contributed by atoms with Gasteiger partial charge in [0, 0.05) is 36.9 Å². The average molecular weight is 717 g/mol. The molecule has 0 bridgehead atoms. The van der Waals surface area contributed by atoms with E-state index in [1.165, 1.54) is 69.2 Å². The van der Waals surface area contributed by atoms with Crippen LogP contribution in [0, 0.1) is 0 Å². The molecule has 9 aromatic carbocycles. The van der Waals surface area contributed by atoms with Gasteiger partial charge < -0.3 is 0 Å². The first-order valence-corrected chi connectivity index (χ1v) is 19.5. The van der Waals surface area contributed by atoms with Crippen LogP contribution >= 0.6 is 11.3 Å². The van der Waals surface area contributed by atoms with Crippen molar-refractivity contribution in [1.82, 2.24) is 9.97 Å². The van der Waals surface area contributed by atoms with Gasteiger partial charge in [0.15, 0.2) is 5.82 Å². The van der Waals surface area contributed by atoms with Crippen molar-refractivity contribution in [2.75, 3.05) is 0 Å². The lowest BCUT2D eigenvalue weighted by molar-refractivity contribution is 1.18. The SMILES string of the molecule is c1ccc(-c2nc(-c3ccc(-c4ccc5sc6ccccc6c5c4)cc3)cc(-c3ccccc3-c3c4ccccc4cc4c3ccc3ccccc34)n2)cc1. The van der Waals surface area contributed by atoms with Crippen LogP contribution in [0.4, 0.5) is 0 Å². The van der Waals surface area contributed by atoms with Crippen molar-refractivity contribution in [3.8, 4) is 56.2 Å². The van der Waals surface area contributed by atoms with Gasteiger partial charge in [0.05, 0.1) is 11.4 Å². The molecule has 0 amide bonds. The van der Waals surface area contributed by atoms with Gasteiger partial charge in [-0.05, 0) is 84.9 Å². The van der Waals surface area contributed by atoms with Gasteiger partial charge in [-0.2, -0.15) is 0 Å². The predicted molar refractivity (Wildman–Crippen MR) is 235 cm³/mol. The first kappa shape index (κ1) is 31.6. The summed E-state index contributed by atoms with van der Waals surface area (Å²) >= 11 is 1.85. The van der Waals surface area contributed by atoms with Crippen molar-refractivity contribution in [3.63, 3.8) is 0 Å². The third-order valence-corrected chi connectivity index (χ3v) is 12.0. The Morgan fingerprint density at radius 1 is 0.309 bits per heavy atom. The lowest BCUT2D eigenvalue weighted by atomic mass is 9.87. The number of fused-ring (bicyclic) bond motifs is 7. The predicted octanol–water partition coefficient (Wildman–Crippen LogP) is 14.6. The number of nitrogens with zero attached hydrogens (tertiary/aromatic N) is 2. The number of hydrogen-bond acceptors (Lipinski definition) is 3. The Morgan fingerprint density at radius 2 is 0.945 bits per heavy atom. The average Bonchev–Trinajstić information content (AvgIpc) is 3.64. The molecule has 0 spiro atoms. The summed E-state index contributed by atoms with van der Waals surface area (Å²) in [4.78, 5) is 10.5. The molecule has 256 valence electrons. The van der Waals surface area contributed by atoms with Crippen LogP contribution in [0.2, 0.25) is 0 Å². The second kappa shape index (κ2) is 12.9. The van der Waals surface area contributed by atoms with Gasteiger partial charge in [0.2, 0.25) is 0 Å². The first-order valence-electron chi connectivity index (χ1n) is 18.6. The first-order chi connectivity index (χ1) is 27.2. The number of rotatable bonds is 5. The molecule has 0 N–H and O–H groups in total. The smallest absolute Gasteiger partial charge is 0.160 e. The summed E-state index contributed by atoms with van der Waals surface area (Å²) in [5.74, 6) is 0.704. The van der Waals surface area contributed by atoms with E-state index in [4.69, 9.17) is 9.97 Å². The summed E-state index contributed by atoms with van der Waals surface area (Å²) < 4.78 is 2.64. The summed E-state index contributed by atoms with van der Waals surface area (Å²) in [6.45, 7) is 0. The van der Waals surface area contributed by atoms with E-state index in [1.807, 2.05) is 29.5 Å². The summed E-state index contributed by atoms with van der Waals surface area (Å²) in [6, 6.07) is 69.8. The van der Waals surface area contributed by atoms with Crippen LogP contribution in [0.15, 0.2) is 194 Å². The molecule has 0 fully saturated rings. The van der Waals surface area contributed by atoms with Crippen LogP contribution in [-0.4, -0.2) is 9.97 Å². The van der Waals surface area contributed by atoms with Crippen LogP contribution in [0.3, 0.4) is 0 Å². The highest BCUT2D eigenvalue weighted by molar-refractivity contribution is 7.25. The molecule has 3 heteroatoms. The van der Waals surface area contributed by atoms with Gasteiger partial charge in [0.1, 0.15) is 0 Å². The zero-order valence-corrected chi connectivity index (χ0v) is 30.6. The van der Waals surface area contributed by atoms with E-state index in [1.54, 1.807) is 0 Å². The van der Waals surface area contributed by atoms with Gasteiger partial charge in [0.25, 0.3) is 0 Å². The highest BCUT2D eigenvalue weighted by Gasteiger charge is 2.18. The lowest BCUT2D eigenvalue weighted by Crippen LogP contribution is -1.97. The second-order valence-electron chi connectivity index (χ2n) is 14.1. The van der Waals surface area contributed by atoms with Gasteiger partial charge in [-0.1, -0.05) is 164 Å². The Morgan fingerprint density at radius 3 is 1.80 bits per heavy atom. The van der Waals surface area contributed by atoms with Crippen LogP contribution in [0.1, 0.15) is 0 Å². The number of aromatic nitrogens is 2. The topological polar surface area (TPSA) is 25.8 Å². The summed E-state index contributed by atoms with van der Waals surface area (Å²) in [5, 5.41) is 10.0. The normalized spacial score (nSPS) is 11.6. The van der Waals surface area contributed by atoms with E-state index in [0.717, 1.165) is 33.6 Å². The largest absolute Gasteiger partial charge is 0.228 e. The zero-order chi connectivity index (χ0) is 36.3. The molecule has 0 aliphatic carbocycles. The maximum absolute atomic E-state index is 5.30. The van der Waals surface area contributed by atoms with Crippen molar-refractivity contribution in [3.05, 3.63) is 194 Å². The Bertz CT molecular complexity index is 3250. The minimum atomic E-state index is 0.704. The molecule has 0 unspecified atom stereocenters. The van der Waals surface area contributed by atoms with Gasteiger partial charge >= 0.3 is 0 Å².